The summed E-state index contributed by atoms with van der Waals surface area (Å²) in [5.74, 6) is 1.56. The molecule has 0 aliphatic heterocycles. The second-order valence-corrected chi connectivity index (χ2v) is 6.10. The van der Waals surface area contributed by atoms with Gasteiger partial charge in [-0.2, -0.15) is 0 Å². The predicted molar refractivity (Wildman–Crippen MR) is 84.9 cm³/mol. The molecule has 4 nitrogen and oxygen atoms in total. The molecule has 20 heavy (non-hydrogen) atoms. The number of anilines is 1. The van der Waals surface area contributed by atoms with Crippen LogP contribution in [0.1, 0.15) is 20.3 Å². The number of aromatic nitrogens is 1. The number of fused-ring (bicyclic) bond motifs is 1. The summed E-state index contributed by atoms with van der Waals surface area (Å²) in [7, 11) is 1.68. The van der Waals surface area contributed by atoms with Crippen LogP contribution >= 0.6 is 11.3 Å². The molecule has 0 atom stereocenters. The molecule has 0 spiro atoms. The first-order valence-electron chi connectivity index (χ1n) is 6.95. The third kappa shape index (κ3) is 4.35. The van der Waals surface area contributed by atoms with Crippen LogP contribution in [0.15, 0.2) is 18.2 Å². The summed E-state index contributed by atoms with van der Waals surface area (Å²) in [5, 5.41) is 4.23. The van der Waals surface area contributed by atoms with Crippen molar-refractivity contribution >= 4 is 26.7 Å². The molecule has 2 rings (SSSR count). The van der Waals surface area contributed by atoms with Crippen molar-refractivity contribution in [1.82, 2.24) is 4.98 Å². The molecule has 0 saturated heterocycles. The molecule has 0 aliphatic carbocycles. The molecule has 0 aliphatic rings. The third-order valence-corrected chi connectivity index (χ3v) is 3.93. The minimum Gasteiger partial charge on any atom is -0.497 e. The average Bonchev–Trinajstić information content (AvgIpc) is 2.83. The largest absolute Gasteiger partial charge is 0.497 e. The van der Waals surface area contributed by atoms with Crippen LogP contribution in [-0.4, -0.2) is 31.9 Å². The van der Waals surface area contributed by atoms with Gasteiger partial charge in [-0.1, -0.05) is 25.2 Å². The molecule has 1 aromatic carbocycles. The Hall–Kier alpha value is -1.33. The lowest BCUT2D eigenvalue weighted by Gasteiger charge is -2.06. The van der Waals surface area contributed by atoms with E-state index in [2.05, 4.69) is 24.1 Å². The molecule has 0 unspecified atom stereocenters. The van der Waals surface area contributed by atoms with E-state index in [0.29, 0.717) is 12.5 Å². The third-order valence-electron chi connectivity index (χ3n) is 2.96. The average molecular weight is 294 g/mol. The number of nitrogens with zero attached hydrogens (tertiary/aromatic N) is 1. The first kappa shape index (κ1) is 15.1. The summed E-state index contributed by atoms with van der Waals surface area (Å²) in [6.45, 7) is 6.74. The molecule has 1 aromatic heterocycles. The molecule has 0 bridgehead atoms. The van der Waals surface area contributed by atoms with Crippen LogP contribution in [0.25, 0.3) is 10.2 Å². The molecule has 0 radical (unpaired) electrons. The van der Waals surface area contributed by atoms with Crippen LogP contribution in [0.5, 0.6) is 5.75 Å². The lowest BCUT2D eigenvalue weighted by atomic mass is 10.1. The SMILES string of the molecule is COc1ccc2nc(NCCOCCC(C)C)sc2c1. The minimum absolute atomic E-state index is 0.696. The molecule has 5 heteroatoms. The zero-order chi connectivity index (χ0) is 14.4. The van der Waals surface area contributed by atoms with Crippen molar-refractivity contribution in [1.29, 1.82) is 0 Å². The number of hydrogen-bond donors (Lipinski definition) is 1. The summed E-state index contributed by atoms with van der Waals surface area (Å²) < 4.78 is 11.9. The highest BCUT2D eigenvalue weighted by atomic mass is 32.1. The van der Waals surface area contributed by atoms with E-state index in [9.17, 15) is 0 Å². The van der Waals surface area contributed by atoms with E-state index >= 15 is 0 Å². The maximum atomic E-state index is 5.57. The number of nitrogens with one attached hydrogen (secondary N) is 1. The molecule has 110 valence electrons. The van der Waals surface area contributed by atoms with E-state index in [-0.39, 0.29) is 0 Å². The van der Waals surface area contributed by atoms with Crippen molar-refractivity contribution in [3.05, 3.63) is 18.2 Å². The van der Waals surface area contributed by atoms with Gasteiger partial charge in [-0.15, -0.1) is 0 Å². The first-order chi connectivity index (χ1) is 9.69. The van der Waals surface area contributed by atoms with Crippen LogP contribution in [0.3, 0.4) is 0 Å². The zero-order valence-electron chi connectivity index (χ0n) is 12.3. The van der Waals surface area contributed by atoms with Crippen molar-refractivity contribution in [2.24, 2.45) is 5.92 Å². The molecule has 1 N–H and O–H groups in total. The molecular formula is C15H22N2O2S. The monoisotopic (exact) mass is 294 g/mol. The highest BCUT2D eigenvalue weighted by molar-refractivity contribution is 7.22. The normalized spacial score (nSPS) is 11.2. The molecule has 1 heterocycles. The quantitative estimate of drug-likeness (QED) is 0.752. The maximum Gasteiger partial charge on any atom is 0.183 e. The van der Waals surface area contributed by atoms with Crippen LogP contribution < -0.4 is 10.1 Å². The molecular weight excluding hydrogens is 272 g/mol. The fourth-order valence-electron chi connectivity index (χ4n) is 1.76. The highest BCUT2D eigenvalue weighted by Gasteiger charge is 2.04. The fraction of sp³-hybridized carbons (Fsp3) is 0.533. The number of methoxy groups -OCH3 is 1. The first-order valence-corrected chi connectivity index (χ1v) is 7.77. The number of benzene rings is 1. The fourth-order valence-corrected chi connectivity index (χ4v) is 2.68. The van der Waals surface area contributed by atoms with Gasteiger partial charge in [0.15, 0.2) is 5.13 Å². The smallest absolute Gasteiger partial charge is 0.183 e. The standard InChI is InChI=1S/C15H22N2O2S/c1-11(2)6-8-19-9-7-16-15-17-13-5-4-12(18-3)10-14(13)20-15/h4-5,10-11H,6-9H2,1-3H3,(H,16,17). The van der Waals surface area contributed by atoms with Crippen molar-refractivity contribution < 1.29 is 9.47 Å². The lowest BCUT2D eigenvalue weighted by Crippen LogP contribution is -2.10. The molecule has 0 saturated carbocycles. The van der Waals surface area contributed by atoms with Crippen molar-refractivity contribution in [3.63, 3.8) is 0 Å². The maximum absolute atomic E-state index is 5.57. The van der Waals surface area contributed by atoms with Gasteiger partial charge in [-0.3, -0.25) is 0 Å². The van der Waals surface area contributed by atoms with E-state index < -0.39 is 0 Å². The van der Waals surface area contributed by atoms with Gasteiger partial charge in [-0.25, -0.2) is 4.98 Å². The van der Waals surface area contributed by atoms with Gasteiger partial charge in [0.2, 0.25) is 0 Å². The number of rotatable bonds is 8. The lowest BCUT2D eigenvalue weighted by molar-refractivity contribution is 0.132. The second-order valence-electron chi connectivity index (χ2n) is 5.07. The Morgan fingerprint density at radius 1 is 1.30 bits per heavy atom. The topological polar surface area (TPSA) is 43.4 Å². The Labute approximate surface area is 124 Å². The Balaban J connectivity index is 1.78. The summed E-state index contributed by atoms with van der Waals surface area (Å²) >= 11 is 1.64. The highest BCUT2D eigenvalue weighted by Crippen LogP contribution is 2.28. The van der Waals surface area contributed by atoms with Gasteiger partial charge in [0, 0.05) is 13.2 Å². The van der Waals surface area contributed by atoms with Gasteiger partial charge in [0.05, 0.1) is 23.9 Å². The summed E-state index contributed by atoms with van der Waals surface area (Å²) in [5.41, 5.74) is 0.999. The molecule has 0 fully saturated rings. The number of thiazole rings is 1. The number of ether oxygens (including phenoxy) is 2. The molecule has 2 aromatic rings. The van der Waals surface area contributed by atoms with Crippen molar-refractivity contribution in [2.45, 2.75) is 20.3 Å². The Kier molecular flexibility index (Phi) is 5.61. The van der Waals surface area contributed by atoms with Crippen LogP contribution in [0.2, 0.25) is 0 Å². The second kappa shape index (κ2) is 7.45. The van der Waals surface area contributed by atoms with Crippen LogP contribution in [-0.2, 0) is 4.74 Å². The van der Waals surface area contributed by atoms with Crippen LogP contribution in [0, 0.1) is 5.92 Å². The van der Waals surface area contributed by atoms with E-state index in [0.717, 1.165) is 40.7 Å². The Morgan fingerprint density at radius 2 is 2.15 bits per heavy atom. The van der Waals surface area contributed by atoms with Gasteiger partial charge >= 0.3 is 0 Å². The summed E-state index contributed by atoms with van der Waals surface area (Å²) in [6.07, 6.45) is 1.11. The van der Waals surface area contributed by atoms with Crippen molar-refractivity contribution in [3.8, 4) is 5.75 Å². The Morgan fingerprint density at radius 3 is 2.90 bits per heavy atom. The van der Waals surface area contributed by atoms with Gasteiger partial charge < -0.3 is 14.8 Å². The Bertz CT molecular complexity index is 540. The summed E-state index contributed by atoms with van der Waals surface area (Å²) in [6, 6.07) is 5.92. The van der Waals surface area contributed by atoms with Crippen molar-refractivity contribution in [2.75, 3.05) is 32.2 Å². The zero-order valence-corrected chi connectivity index (χ0v) is 13.1. The minimum atomic E-state index is 0.696. The van der Waals surface area contributed by atoms with E-state index in [1.165, 1.54) is 0 Å². The van der Waals surface area contributed by atoms with Gasteiger partial charge in [-0.05, 0) is 30.5 Å². The van der Waals surface area contributed by atoms with Gasteiger partial charge in [0.25, 0.3) is 0 Å². The molecule has 0 amide bonds. The predicted octanol–water partition coefficient (Wildman–Crippen LogP) is 3.78. The summed E-state index contributed by atoms with van der Waals surface area (Å²) in [4.78, 5) is 4.53. The number of hydrogen-bond acceptors (Lipinski definition) is 5. The van der Waals surface area contributed by atoms with E-state index in [1.807, 2.05) is 18.2 Å². The van der Waals surface area contributed by atoms with E-state index in [4.69, 9.17) is 9.47 Å². The van der Waals surface area contributed by atoms with Gasteiger partial charge in [0.1, 0.15) is 5.75 Å². The van der Waals surface area contributed by atoms with Crippen LogP contribution in [0.4, 0.5) is 5.13 Å². The van der Waals surface area contributed by atoms with E-state index in [1.54, 1.807) is 18.4 Å².